The van der Waals surface area contributed by atoms with Gasteiger partial charge in [-0.3, -0.25) is 0 Å². The standard InChI is InChI=1S/C5H8O5.Ag/c1-10-3(5(8)9)2-4(6)7;/h3H,2H2,1H3,(H,6,7)(H,8,9);/p-2. The topological polar surface area (TPSA) is 89.5 Å². The van der Waals surface area contributed by atoms with Crippen molar-refractivity contribution >= 4 is 11.9 Å². The molecule has 1 atom stereocenters. The van der Waals surface area contributed by atoms with E-state index in [1.165, 1.54) is 0 Å². The summed E-state index contributed by atoms with van der Waals surface area (Å²) in [6.45, 7) is 0. The maximum absolute atomic E-state index is 9.94. The Morgan fingerprint density at radius 3 is 2.00 bits per heavy atom. The van der Waals surface area contributed by atoms with Gasteiger partial charge in [-0.05, 0) is 0 Å². The monoisotopic (exact) mass is 253 g/mol. The summed E-state index contributed by atoms with van der Waals surface area (Å²) in [6, 6.07) is 0. The number of hydrogen-bond donors (Lipinski definition) is 0. The molecule has 0 rings (SSSR count). The van der Waals surface area contributed by atoms with Gasteiger partial charge in [0.15, 0.2) is 0 Å². The average Bonchev–Trinajstić information content (AvgIpc) is 1.81. The Bertz CT molecular complexity index is 146. The van der Waals surface area contributed by atoms with E-state index >= 15 is 0 Å². The number of methoxy groups -OCH3 is 1. The number of ether oxygens (including phenoxy) is 1. The molecule has 0 aliphatic rings. The van der Waals surface area contributed by atoms with Gasteiger partial charge in [-0.2, -0.15) is 0 Å². The van der Waals surface area contributed by atoms with Crippen molar-refractivity contribution in [3.05, 3.63) is 0 Å². The summed E-state index contributed by atoms with van der Waals surface area (Å²) in [5, 5.41) is 19.7. The first-order chi connectivity index (χ1) is 4.57. The van der Waals surface area contributed by atoms with Crippen molar-refractivity contribution in [3.8, 4) is 0 Å². The van der Waals surface area contributed by atoms with Gasteiger partial charge in [0.05, 0.1) is 5.97 Å². The van der Waals surface area contributed by atoms with Gasteiger partial charge in [0.25, 0.3) is 0 Å². The van der Waals surface area contributed by atoms with Crippen LogP contribution < -0.4 is 10.2 Å². The number of rotatable bonds is 4. The van der Waals surface area contributed by atoms with Crippen molar-refractivity contribution in [2.45, 2.75) is 12.5 Å². The van der Waals surface area contributed by atoms with Gasteiger partial charge < -0.3 is 24.5 Å². The summed E-state index contributed by atoms with van der Waals surface area (Å²) in [4.78, 5) is 19.7. The second kappa shape index (κ2) is 6.36. The Labute approximate surface area is 78.9 Å². The predicted octanol–water partition coefficient (Wildman–Crippen LogP) is -3.11. The fourth-order valence-corrected chi connectivity index (χ4v) is 0.414. The number of carbonyl (C=O) groups is 2. The molecule has 0 amide bonds. The van der Waals surface area contributed by atoms with Crippen LogP contribution in [0.15, 0.2) is 0 Å². The van der Waals surface area contributed by atoms with E-state index in [0.29, 0.717) is 0 Å². The summed E-state index contributed by atoms with van der Waals surface area (Å²) < 4.78 is 4.24. The van der Waals surface area contributed by atoms with Crippen LogP contribution in [-0.2, 0) is 36.7 Å². The molecule has 0 aromatic rings. The molecule has 0 heterocycles. The van der Waals surface area contributed by atoms with Crippen molar-refractivity contribution in [1.82, 2.24) is 0 Å². The van der Waals surface area contributed by atoms with Crippen molar-refractivity contribution in [2.75, 3.05) is 7.11 Å². The van der Waals surface area contributed by atoms with Crippen LogP contribution in [0.2, 0.25) is 0 Å². The van der Waals surface area contributed by atoms with Crippen LogP contribution in [0.4, 0.5) is 0 Å². The molecule has 6 heteroatoms. The molecule has 1 radical (unpaired) electrons. The van der Waals surface area contributed by atoms with Gasteiger partial charge in [0, 0.05) is 41.9 Å². The first-order valence-corrected chi connectivity index (χ1v) is 2.51. The predicted molar refractivity (Wildman–Crippen MR) is 25.4 cm³/mol. The fraction of sp³-hybridized carbons (Fsp3) is 0.600. The first kappa shape index (κ1) is 13.2. The Morgan fingerprint density at radius 1 is 1.45 bits per heavy atom. The van der Waals surface area contributed by atoms with Crippen LogP contribution in [0.3, 0.4) is 0 Å². The number of hydrogen-bond acceptors (Lipinski definition) is 5. The SMILES string of the molecule is COC(CC(=O)[O-])C(=O)[O-].[Ag]. The van der Waals surface area contributed by atoms with Crippen LogP contribution in [-0.4, -0.2) is 25.2 Å². The summed E-state index contributed by atoms with van der Waals surface area (Å²) >= 11 is 0. The van der Waals surface area contributed by atoms with Crippen LogP contribution in [0.5, 0.6) is 0 Å². The molecule has 11 heavy (non-hydrogen) atoms. The summed E-state index contributed by atoms with van der Waals surface area (Å²) in [6.07, 6.45) is -2.09. The van der Waals surface area contributed by atoms with E-state index in [9.17, 15) is 19.8 Å². The first-order valence-electron chi connectivity index (χ1n) is 2.51. The maximum atomic E-state index is 9.94. The summed E-state index contributed by atoms with van der Waals surface area (Å²) in [5.74, 6) is -3.03. The zero-order valence-electron chi connectivity index (χ0n) is 5.63. The average molecular weight is 254 g/mol. The van der Waals surface area contributed by atoms with Crippen LogP contribution >= 0.6 is 0 Å². The number of aliphatic carboxylic acids is 2. The smallest absolute Gasteiger partial charge is 0.102 e. The summed E-state index contributed by atoms with van der Waals surface area (Å²) in [5.41, 5.74) is 0. The second-order valence-corrected chi connectivity index (χ2v) is 1.62. The van der Waals surface area contributed by atoms with Gasteiger partial charge in [-0.1, -0.05) is 0 Å². The molecule has 0 aromatic heterocycles. The largest absolute Gasteiger partial charge is 0.550 e. The Hall–Kier alpha value is -0.360. The minimum atomic E-state index is -1.55. The Kier molecular flexibility index (Phi) is 7.65. The van der Waals surface area contributed by atoms with Crippen molar-refractivity contribution < 1.29 is 46.9 Å². The minimum absolute atomic E-state index is 0. The number of carboxylic acid groups (broad SMARTS) is 2. The zero-order valence-corrected chi connectivity index (χ0v) is 7.11. The Morgan fingerprint density at radius 2 is 1.91 bits per heavy atom. The normalized spacial score (nSPS) is 11.4. The van der Waals surface area contributed by atoms with Crippen LogP contribution in [0, 0.1) is 0 Å². The second-order valence-electron chi connectivity index (χ2n) is 1.62. The maximum Gasteiger partial charge on any atom is 0.102 e. The molecule has 5 nitrogen and oxygen atoms in total. The molecule has 0 aliphatic carbocycles. The van der Waals surface area contributed by atoms with Gasteiger partial charge in [0.1, 0.15) is 6.10 Å². The summed E-state index contributed by atoms with van der Waals surface area (Å²) in [7, 11) is 1.09. The molecule has 0 spiro atoms. The third-order valence-electron chi connectivity index (χ3n) is 0.899. The number of carbonyl (C=O) groups excluding carboxylic acids is 2. The van der Waals surface area contributed by atoms with Gasteiger partial charge in [-0.15, -0.1) is 0 Å². The third kappa shape index (κ3) is 6.06. The molecular weight excluding hydrogens is 248 g/mol. The molecule has 0 saturated carbocycles. The molecule has 69 valence electrons. The van der Waals surface area contributed by atoms with Gasteiger partial charge in [-0.25, -0.2) is 0 Å². The van der Waals surface area contributed by atoms with E-state index in [-0.39, 0.29) is 22.4 Å². The third-order valence-corrected chi connectivity index (χ3v) is 0.899. The number of carboxylic acids is 2. The molecule has 0 saturated heterocycles. The molecule has 0 bridgehead atoms. The Balaban J connectivity index is 0. The van der Waals surface area contributed by atoms with Gasteiger partial charge in [0.2, 0.25) is 0 Å². The minimum Gasteiger partial charge on any atom is -0.550 e. The molecule has 1 unspecified atom stereocenters. The fourth-order valence-electron chi connectivity index (χ4n) is 0.414. The van der Waals surface area contributed by atoms with E-state index in [1.807, 2.05) is 0 Å². The molecule has 0 aliphatic heterocycles. The van der Waals surface area contributed by atoms with E-state index in [4.69, 9.17) is 0 Å². The van der Waals surface area contributed by atoms with Crippen LogP contribution in [0.1, 0.15) is 6.42 Å². The quantitative estimate of drug-likeness (QED) is 0.495. The van der Waals surface area contributed by atoms with E-state index in [0.717, 1.165) is 7.11 Å². The van der Waals surface area contributed by atoms with Crippen molar-refractivity contribution in [2.24, 2.45) is 0 Å². The zero-order chi connectivity index (χ0) is 8.15. The van der Waals surface area contributed by atoms with Crippen molar-refractivity contribution in [1.29, 1.82) is 0 Å². The van der Waals surface area contributed by atoms with E-state index < -0.39 is 24.5 Å². The molecular formula is C5H6AgO5-2. The molecule has 0 aromatic carbocycles. The van der Waals surface area contributed by atoms with E-state index in [1.54, 1.807) is 0 Å². The van der Waals surface area contributed by atoms with Crippen molar-refractivity contribution in [3.63, 3.8) is 0 Å². The van der Waals surface area contributed by atoms with Gasteiger partial charge >= 0.3 is 0 Å². The van der Waals surface area contributed by atoms with E-state index in [2.05, 4.69) is 4.74 Å². The molecule has 0 fully saturated rings. The molecule has 0 N–H and O–H groups in total. The van der Waals surface area contributed by atoms with Crippen LogP contribution in [0.25, 0.3) is 0 Å².